The van der Waals surface area contributed by atoms with Crippen molar-refractivity contribution in [2.45, 2.75) is 78.1 Å². The van der Waals surface area contributed by atoms with Gasteiger partial charge in [0.15, 0.2) is 0 Å². The molecule has 0 radical (unpaired) electrons. The van der Waals surface area contributed by atoms with E-state index in [0.29, 0.717) is 31.9 Å². The van der Waals surface area contributed by atoms with Crippen LogP contribution < -0.4 is 0 Å². The van der Waals surface area contributed by atoms with E-state index >= 15 is 0 Å². The second kappa shape index (κ2) is 14.0. The van der Waals surface area contributed by atoms with E-state index in [9.17, 15) is 0 Å². The van der Waals surface area contributed by atoms with Gasteiger partial charge in [-0.15, -0.1) is 20.4 Å². The number of aryl methyl sites for hydroxylation is 2. The molecule has 2 aromatic heterocycles. The van der Waals surface area contributed by atoms with Crippen LogP contribution in [0.25, 0.3) is 31.9 Å². The summed E-state index contributed by atoms with van der Waals surface area (Å²) in [6.07, 6.45) is 10.8. The number of hydrogen-bond donors (Lipinski definition) is 0. The molecule has 4 aromatic rings. The van der Waals surface area contributed by atoms with E-state index in [1.54, 1.807) is 0 Å². The zero-order valence-electron chi connectivity index (χ0n) is 20.9. The SMILES string of the molecule is CCCCCCc1nnc(-c2c(Cl)c(Cl)c(Cl)c3c(-c4nnc(CCCCCC)s4)c(Cl)c(Cl)c(Cl)c23)s1. The molecule has 0 amide bonds. The number of halogens is 6. The van der Waals surface area contributed by atoms with E-state index in [0.717, 1.165) is 48.5 Å². The Kier molecular flexibility index (Phi) is 11.2. The van der Waals surface area contributed by atoms with Gasteiger partial charge in [0.05, 0.1) is 30.1 Å². The molecular weight excluding hydrogens is 645 g/mol. The summed E-state index contributed by atoms with van der Waals surface area (Å²) >= 11 is 43.5. The summed E-state index contributed by atoms with van der Waals surface area (Å²) in [5.74, 6) is 0. The highest BCUT2D eigenvalue weighted by molar-refractivity contribution is 7.15. The van der Waals surface area contributed by atoms with Gasteiger partial charge in [-0.2, -0.15) is 0 Å². The average molecular weight is 671 g/mol. The molecule has 0 atom stereocenters. The lowest BCUT2D eigenvalue weighted by atomic mass is 9.99. The molecule has 0 aliphatic heterocycles. The largest absolute Gasteiger partial charge is 0.150 e. The second-order valence-electron chi connectivity index (χ2n) is 9.01. The number of unbranched alkanes of at least 4 members (excludes halogenated alkanes) is 6. The Morgan fingerprint density at radius 1 is 0.474 bits per heavy atom. The Morgan fingerprint density at radius 2 is 0.868 bits per heavy atom. The molecule has 12 heteroatoms. The molecule has 0 aliphatic carbocycles. The van der Waals surface area contributed by atoms with Gasteiger partial charge in [0.2, 0.25) is 0 Å². The smallest absolute Gasteiger partial charge is 0.143 e. The zero-order valence-corrected chi connectivity index (χ0v) is 27.1. The number of aromatic nitrogens is 4. The van der Waals surface area contributed by atoms with Gasteiger partial charge in [-0.25, -0.2) is 0 Å². The lowest BCUT2D eigenvalue weighted by Gasteiger charge is -2.17. The Labute approximate surface area is 261 Å². The maximum atomic E-state index is 6.82. The number of nitrogens with zero attached hydrogens (tertiary/aromatic N) is 4. The van der Waals surface area contributed by atoms with E-state index < -0.39 is 0 Å². The minimum Gasteiger partial charge on any atom is -0.143 e. The first-order valence-corrected chi connectivity index (χ1v) is 16.5. The molecule has 38 heavy (non-hydrogen) atoms. The Bertz CT molecular complexity index is 1330. The molecule has 0 saturated heterocycles. The highest BCUT2D eigenvalue weighted by Gasteiger charge is 2.29. The van der Waals surface area contributed by atoms with Crippen molar-refractivity contribution in [1.29, 1.82) is 0 Å². The lowest BCUT2D eigenvalue weighted by Crippen LogP contribution is -1.93. The third-order valence-corrected chi connectivity index (χ3v) is 10.9. The monoisotopic (exact) mass is 668 g/mol. The minimum absolute atomic E-state index is 0.176. The Balaban J connectivity index is 1.86. The van der Waals surface area contributed by atoms with Crippen LogP contribution in [-0.2, 0) is 12.8 Å². The molecular formula is C26H26Cl6N4S2. The quantitative estimate of drug-likeness (QED) is 0.111. The summed E-state index contributed by atoms with van der Waals surface area (Å²) in [7, 11) is 0. The molecule has 2 heterocycles. The summed E-state index contributed by atoms with van der Waals surface area (Å²) in [4.78, 5) is 0. The molecule has 0 bridgehead atoms. The number of fused-ring (bicyclic) bond motifs is 1. The van der Waals surface area contributed by atoms with Crippen LogP contribution >= 0.6 is 92.3 Å². The van der Waals surface area contributed by atoms with Crippen LogP contribution in [0.4, 0.5) is 0 Å². The van der Waals surface area contributed by atoms with Crippen LogP contribution in [0, 0.1) is 0 Å². The first-order valence-electron chi connectivity index (χ1n) is 12.6. The van der Waals surface area contributed by atoms with Crippen LogP contribution in [0.3, 0.4) is 0 Å². The zero-order chi connectivity index (χ0) is 27.4. The van der Waals surface area contributed by atoms with Crippen molar-refractivity contribution in [2.24, 2.45) is 0 Å². The van der Waals surface area contributed by atoms with Crippen LogP contribution in [0.15, 0.2) is 0 Å². The Morgan fingerprint density at radius 3 is 1.24 bits per heavy atom. The van der Waals surface area contributed by atoms with Gasteiger partial charge in [0.1, 0.15) is 20.0 Å². The van der Waals surface area contributed by atoms with Gasteiger partial charge in [-0.3, -0.25) is 0 Å². The van der Waals surface area contributed by atoms with Gasteiger partial charge in [-0.1, -0.05) is 145 Å². The fourth-order valence-electron chi connectivity index (χ4n) is 4.26. The first kappa shape index (κ1) is 30.5. The highest BCUT2D eigenvalue weighted by atomic mass is 35.5. The number of benzene rings is 2. The van der Waals surface area contributed by atoms with Gasteiger partial charge < -0.3 is 0 Å². The van der Waals surface area contributed by atoms with E-state index in [1.165, 1.54) is 48.4 Å². The predicted octanol–water partition coefficient (Wildman–Crippen LogP) is 12.0. The highest BCUT2D eigenvalue weighted by Crippen LogP contribution is 2.55. The fraction of sp³-hybridized carbons (Fsp3) is 0.462. The maximum Gasteiger partial charge on any atom is 0.150 e. The minimum atomic E-state index is 0.176. The van der Waals surface area contributed by atoms with Crippen molar-refractivity contribution in [3.63, 3.8) is 0 Å². The third-order valence-electron chi connectivity index (χ3n) is 6.25. The van der Waals surface area contributed by atoms with Gasteiger partial charge in [-0.05, 0) is 12.8 Å². The summed E-state index contributed by atoms with van der Waals surface area (Å²) in [5.41, 5.74) is 1.06. The molecule has 4 nitrogen and oxygen atoms in total. The molecule has 0 N–H and O–H groups in total. The Hall–Kier alpha value is -0.440. The van der Waals surface area contributed by atoms with Crippen molar-refractivity contribution in [3.05, 3.63) is 40.2 Å². The maximum absolute atomic E-state index is 6.82. The third kappa shape index (κ3) is 6.38. The second-order valence-corrected chi connectivity index (χ2v) is 13.4. The van der Waals surface area contributed by atoms with E-state index in [1.807, 2.05) is 0 Å². The summed E-state index contributed by atoms with van der Waals surface area (Å²) in [6, 6.07) is 0. The van der Waals surface area contributed by atoms with Crippen LogP contribution in [0.2, 0.25) is 30.1 Å². The van der Waals surface area contributed by atoms with Crippen LogP contribution in [0.1, 0.15) is 75.2 Å². The number of rotatable bonds is 12. The van der Waals surface area contributed by atoms with Gasteiger partial charge in [0, 0.05) is 34.7 Å². The van der Waals surface area contributed by atoms with Crippen LogP contribution in [-0.4, -0.2) is 20.4 Å². The number of hydrogen-bond acceptors (Lipinski definition) is 6. The van der Waals surface area contributed by atoms with E-state index in [4.69, 9.17) is 69.6 Å². The lowest BCUT2D eigenvalue weighted by molar-refractivity contribution is 0.663. The molecule has 204 valence electrons. The molecule has 0 spiro atoms. The van der Waals surface area contributed by atoms with Crippen molar-refractivity contribution in [1.82, 2.24) is 20.4 Å². The fourth-order valence-corrected chi connectivity index (χ4v) is 7.85. The van der Waals surface area contributed by atoms with Crippen molar-refractivity contribution >= 4 is 103 Å². The molecule has 0 saturated carbocycles. The summed E-state index contributed by atoms with van der Waals surface area (Å²) in [5, 5.41) is 23.0. The molecule has 4 rings (SSSR count). The van der Waals surface area contributed by atoms with Crippen molar-refractivity contribution in [3.8, 4) is 21.1 Å². The summed E-state index contributed by atoms with van der Waals surface area (Å²) in [6.45, 7) is 4.37. The van der Waals surface area contributed by atoms with Gasteiger partial charge in [0.25, 0.3) is 0 Å². The first-order chi connectivity index (χ1) is 18.3. The topological polar surface area (TPSA) is 51.6 Å². The van der Waals surface area contributed by atoms with E-state index in [-0.39, 0.29) is 30.1 Å². The van der Waals surface area contributed by atoms with E-state index in [2.05, 4.69) is 34.2 Å². The van der Waals surface area contributed by atoms with Gasteiger partial charge >= 0.3 is 0 Å². The normalized spacial score (nSPS) is 11.7. The van der Waals surface area contributed by atoms with Crippen molar-refractivity contribution in [2.75, 3.05) is 0 Å². The predicted molar refractivity (Wildman–Crippen MR) is 168 cm³/mol. The summed E-state index contributed by atoms with van der Waals surface area (Å²) < 4.78 is 0. The van der Waals surface area contributed by atoms with Crippen LogP contribution in [0.5, 0.6) is 0 Å². The average Bonchev–Trinajstić information content (AvgIpc) is 3.57. The molecule has 2 aromatic carbocycles. The molecule has 0 fully saturated rings. The standard InChI is InChI=1S/C26H26Cl6N4S2/c1-3-5-7-9-11-13-33-35-25(37-13)17-15-16(20(28)23(31)21(17)29)18(22(30)24(32)19(15)27)26-36-34-14(38-26)12-10-8-6-4-2/h3-12H2,1-2H3. The van der Waals surface area contributed by atoms with Crippen molar-refractivity contribution < 1.29 is 0 Å². The molecule has 0 aliphatic rings. The molecule has 0 unspecified atom stereocenters.